The van der Waals surface area contributed by atoms with Gasteiger partial charge in [-0.3, -0.25) is 28.8 Å². The number of hydrogen-bond acceptors (Lipinski definition) is 12. The number of rotatable bonds is 41. The molecule has 0 aromatic heterocycles. The number of hydrogen-bond donors (Lipinski definition) is 0. The van der Waals surface area contributed by atoms with Crippen molar-refractivity contribution in [3.63, 3.8) is 0 Å². The number of esters is 3. The molecule has 362 valence electrons. The van der Waals surface area contributed by atoms with Gasteiger partial charge >= 0.3 is 17.9 Å². The highest BCUT2D eigenvalue weighted by Crippen LogP contribution is 2.18. The Balaban J connectivity index is 1.25. The van der Waals surface area contributed by atoms with Gasteiger partial charge in [0.1, 0.15) is 36.1 Å². The summed E-state index contributed by atoms with van der Waals surface area (Å²) in [6.45, 7) is 1.87. The summed E-state index contributed by atoms with van der Waals surface area (Å²) in [5, 5.41) is 0. The fraction of sp³-hybridized carbons (Fsp3) is 0.556. The van der Waals surface area contributed by atoms with E-state index in [2.05, 4.69) is 0 Å². The lowest BCUT2D eigenvalue weighted by molar-refractivity contribution is -0.191. The number of carbonyl (C=O) groups excluding carboxylic acids is 6. The first-order valence-electron chi connectivity index (χ1n) is 24.5. The summed E-state index contributed by atoms with van der Waals surface area (Å²) in [6.07, 6.45) is 22.4. The fourth-order valence-electron chi connectivity index (χ4n) is 7.16. The largest absolute Gasteiger partial charge is 0.494 e. The highest BCUT2D eigenvalue weighted by atomic mass is 16.7. The Morgan fingerprint density at radius 2 is 0.621 bits per heavy atom. The van der Waals surface area contributed by atoms with Crippen LogP contribution < -0.4 is 14.2 Å². The van der Waals surface area contributed by atoms with Crippen LogP contribution in [0.5, 0.6) is 17.2 Å². The van der Waals surface area contributed by atoms with Crippen LogP contribution in [0.3, 0.4) is 0 Å². The lowest BCUT2D eigenvalue weighted by Crippen LogP contribution is -2.26. The summed E-state index contributed by atoms with van der Waals surface area (Å²) in [4.78, 5) is 70.5. The van der Waals surface area contributed by atoms with Crippen molar-refractivity contribution in [2.24, 2.45) is 0 Å². The maximum absolute atomic E-state index is 12.8. The van der Waals surface area contributed by atoms with Crippen molar-refractivity contribution in [1.29, 1.82) is 0 Å². The molecule has 0 aliphatic carbocycles. The predicted molar refractivity (Wildman–Crippen MR) is 254 cm³/mol. The van der Waals surface area contributed by atoms with Gasteiger partial charge in [-0.1, -0.05) is 96.3 Å². The van der Waals surface area contributed by atoms with Crippen molar-refractivity contribution in [3.05, 3.63) is 89.5 Å². The van der Waals surface area contributed by atoms with Gasteiger partial charge in [0.2, 0.25) is 0 Å². The number of benzene rings is 3. The molecule has 0 fully saturated rings. The van der Waals surface area contributed by atoms with Crippen LogP contribution in [0, 0.1) is 0 Å². The number of unbranched alkanes of at least 4 members (excludes halogenated alkanes) is 18. The molecular formula is C54H74O12. The Kier molecular flexibility index (Phi) is 30.5. The number of carbonyl (C=O) groups is 6. The first-order chi connectivity index (χ1) is 32.4. The molecule has 3 aromatic carbocycles. The van der Waals surface area contributed by atoms with Crippen LogP contribution in [0.2, 0.25) is 0 Å². The van der Waals surface area contributed by atoms with E-state index in [1.54, 1.807) is 72.8 Å². The molecule has 12 heteroatoms. The van der Waals surface area contributed by atoms with E-state index in [0.717, 1.165) is 158 Å². The predicted octanol–water partition coefficient (Wildman–Crippen LogP) is 12.4. The summed E-state index contributed by atoms with van der Waals surface area (Å²) < 4.78 is 33.9. The molecule has 0 heterocycles. The van der Waals surface area contributed by atoms with Crippen molar-refractivity contribution < 1.29 is 57.2 Å². The van der Waals surface area contributed by atoms with Crippen molar-refractivity contribution in [2.45, 2.75) is 167 Å². The molecule has 0 saturated heterocycles. The van der Waals surface area contributed by atoms with E-state index in [9.17, 15) is 28.8 Å². The standard InChI is InChI=1S/C54H74O12/c55-42-45-25-31-48(32-26-45)61-38-19-13-7-1-4-10-16-22-51(58)64-41-37-54(65-52(59)23-17-11-5-2-8-14-20-39-62-49-33-27-46(43-56)28-34-49)66-53(60)24-18-12-6-3-9-15-21-40-63-50-35-29-47(44-57)30-36-50/h25-36,42-44,54H,1-24,37-41H2. The van der Waals surface area contributed by atoms with E-state index in [0.29, 0.717) is 55.8 Å². The minimum atomic E-state index is -1.11. The van der Waals surface area contributed by atoms with Crippen LogP contribution in [-0.4, -0.2) is 69.5 Å². The Hall–Kier alpha value is -5.52. The third-order valence-corrected chi connectivity index (χ3v) is 11.1. The second kappa shape index (κ2) is 36.7. The molecule has 12 nitrogen and oxygen atoms in total. The number of ether oxygens (including phenoxy) is 6. The molecule has 0 bridgehead atoms. The van der Waals surface area contributed by atoms with E-state index < -0.39 is 18.2 Å². The van der Waals surface area contributed by atoms with Gasteiger partial charge in [0.25, 0.3) is 6.29 Å². The first-order valence-corrected chi connectivity index (χ1v) is 24.5. The molecule has 66 heavy (non-hydrogen) atoms. The molecule has 3 rings (SSSR count). The Labute approximate surface area is 392 Å². The third-order valence-electron chi connectivity index (χ3n) is 11.1. The lowest BCUT2D eigenvalue weighted by Gasteiger charge is -2.18. The lowest BCUT2D eigenvalue weighted by atomic mass is 10.1. The van der Waals surface area contributed by atoms with Gasteiger partial charge < -0.3 is 28.4 Å². The topological polar surface area (TPSA) is 158 Å². The Morgan fingerprint density at radius 1 is 0.348 bits per heavy atom. The van der Waals surface area contributed by atoms with E-state index in [4.69, 9.17) is 28.4 Å². The minimum absolute atomic E-state index is 0.0116. The molecule has 0 amide bonds. The zero-order valence-electron chi connectivity index (χ0n) is 39.1. The fourth-order valence-corrected chi connectivity index (χ4v) is 7.16. The maximum Gasteiger partial charge on any atom is 0.308 e. The summed E-state index contributed by atoms with van der Waals surface area (Å²) >= 11 is 0. The van der Waals surface area contributed by atoms with Crippen LogP contribution in [0.4, 0.5) is 0 Å². The molecule has 0 N–H and O–H groups in total. The smallest absolute Gasteiger partial charge is 0.308 e. The van der Waals surface area contributed by atoms with E-state index >= 15 is 0 Å². The summed E-state index contributed by atoms with van der Waals surface area (Å²) in [5.74, 6) is 1.09. The Morgan fingerprint density at radius 3 is 0.924 bits per heavy atom. The average Bonchev–Trinajstić information content (AvgIpc) is 3.33. The van der Waals surface area contributed by atoms with Gasteiger partial charge in [-0.25, -0.2) is 0 Å². The Bertz CT molecular complexity index is 1670. The summed E-state index contributed by atoms with van der Waals surface area (Å²) in [7, 11) is 0. The first kappa shape index (κ1) is 54.8. The van der Waals surface area contributed by atoms with Gasteiger partial charge in [-0.05, 0) is 111 Å². The van der Waals surface area contributed by atoms with Crippen molar-refractivity contribution in [3.8, 4) is 17.2 Å². The van der Waals surface area contributed by atoms with Crippen LogP contribution in [-0.2, 0) is 28.6 Å². The molecule has 0 aliphatic heterocycles. The zero-order chi connectivity index (χ0) is 47.1. The normalized spacial score (nSPS) is 10.9. The molecule has 0 spiro atoms. The quantitative estimate of drug-likeness (QED) is 0.0230. The maximum atomic E-state index is 12.8. The highest BCUT2D eigenvalue weighted by Gasteiger charge is 2.20. The van der Waals surface area contributed by atoms with Crippen LogP contribution in [0.1, 0.15) is 192 Å². The molecule has 0 atom stereocenters. The monoisotopic (exact) mass is 915 g/mol. The molecule has 0 aliphatic rings. The van der Waals surface area contributed by atoms with Crippen molar-refractivity contribution in [2.75, 3.05) is 26.4 Å². The molecule has 0 saturated carbocycles. The highest BCUT2D eigenvalue weighted by molar-refractivity contribution is 5.76. The molecular weight excluding hydrogens is 841 g/mol. The summed E-state index contributed by atoms with van der Waals surface area (Å²) in [6, 6.07) is 21.3. The van der Waals surface area contributed by atoms with E-state index in [1.807, 2.05) is 0 Å². The second-order valence-electron chi connectivity index (χ2n) is 16.7. The van der Waals surface area contributed by atoms with Crippen molar-refractivity contribution in [1.82, 2.24) is 0 Å². The van der Waals surface area contributed by atoms with Crippen molar-refractivity contribution >= 4 is 36.8 Å². The van der Waals surface area contributed by atoms with Crippen LogP contribution in [0.25, 0.3) is 0 Å². The third kappa shape index (κ3) is 27.7. The molecule has 0 radical (unpaired) electrons. The van der Waals surface area contributed by atoms with Gasteiger partial charge in [0.15, 0.2) is 0 Å². The summed E-state index contributed by atoms with van der Waals surface area (Å²) in [5.41, 5.74) is 1.88. The minimum Gasteiger partial charge on any atom is -0.494 e. The van der Waals surface area contributed by atoms with Gasteiger partial charge in [0, 0.05) is 36.0 Å². The van der Waals surface area contributed by atoms with Gasteiger partial charge in [0.05, 0.1) is 32.8 Å². The second-order valence-corrected chi connectivity index (χ2v) is 16.7. The molecule has 0 unspecified atom stereocenters. The SMILES string of the molecule is O=Cc1ccc(OCCCCCCCCCC(=O)OCCC(OC(=O)CCCCCCCCCOc2ccc(C=O)cc2)OC(=O)CCCCCCCCCOc2ccc(C=O)cc2)cc1. The number of aldehydes is 3. The van der Waals surface area contributed by atoms with Gasteiger partial charge in [-0.15, -0.1) is 0 Å². The molecule has 3 aromatic rings. The van der Waals surface area contributed by atoms with E-state index in [1.165, 1.54) is 0 Å². The zero-order valence-corrected chi connectivity index (χ0v) is 39.1. The van der Waals surface area contributed by atoms with Crippen LogP contribution in [0.15, 0.2) is 72.8 Å². The van der Waals surface area contributed by atoms with Crippen LogP contribution >= 0.6 is 0 Å². The van der Waals surface area contributed by atoms with E-state index in [-0.39, 0.29) is 31.8 Å². The average molecular weight is 915 g/mol. The van der Waals surface area contributed by atoms with Gasteiger partial charge in [-0.2, -0.15) is 0 Å².